The lowest BCUT2D eigenvalue weighted by molar-refractivity contribution is 0.470. The van der Waals surface area contributed by atoms with E-state index in [0.29, 0.717) is 23.7 Å². The van der Waals surface area contributed by atoms with Crippen molar-refractivity contribution in [1.29, 1.82) is 0 Å². The Morgan fingerprint density at radius 2 is 1.79 bits per heavy atom. The van der Waals surface area contributed by atoms with Gasteiger partial charge < -0.3 is 14.7 Å². The molecule has 0 radical (unpaired) electrons. The van der Waals surface area contributed by atoms with Crippen LogP contribution in [0.15, 0.2) is 105 Å². The van der Waals surface area contributed by atoms with Gasteiger partial charge in [-0.25, -0.2) is 13.1 Å². The lowest BCUT2D eigenvalue weighted by atomic mass is 9.85. The number of aromatic hydroxyl groups is 1. The summed E-state index contributed by atoms with van der Waals surface area (Å²) in [6.45, 7) is 0.162. The van der Waals surface area contributed by atoms with Gasteiger partial charge in [0.15, 0.2) is 0 Å². The van der Waals surface area contributed by atoms with E-state index >= 15 is 0 Å². The number of hydrogen-bond acceptors (Lipinski definition) is 4. The average Bonchev–Trinajstić information content (AvgIpc) is 3.36. The van der Waals surface area contributed by atoms with Crippen LogP contribution in [0.3, 0.4) is 0 Å². The Bertz CT molecular complexity index is 2060. The van der Waals surface area contributed by atoms with Gasteiger partial charge in [0, 0.05) is 40.0 Å². The molecule has 0 spiro atoms. The average molecular weight is 645 g/mol. The van der Waals surface area contributed by atoms with E-state index in [1.807, 2.05) is 72.8 Å². The zero-order valence-electron chi connectivity index (χ0n) is 23.0. The third-order valence-electron chi connectivity index (χ3n) is 7.86. The van der Waals surface area contributed by atoms with Gasteiger partial charge in [0.05, 0.1) is 21.9 Å². The highest BCUT2D eigenvalue weighted by Crippen LogP contribution is 2.41. The van der Waals surface area contributed by atoms with Crippen LogP contribution in [0, 0.1) is 0 Å². The molecule has 3 aromatic carbocycles. The van der Waals surface area contributed by atoms with Crippen LogP contribution in [-0.4, -0.2) is 29.6 Å². The van der Waals surface area contributed by atoms with Crippen molar-refractivity contribution in [2.75, 3.05) is 6.54 Å². The van der Waals surface area contributed by atoms with Crippen molar-refractivity contribution in [1.82, 2.24) is 14.3 Å². The number of fused-ring (bicyclic) bond motifs is 2. The van der Waals surface area contributed by atoms with Gasteiger partial charge in [-0.3, -0.25) is 4.79 Å². The van der Waals surface area contributed by atoms with Gasteiger partial charge in [-0.1, -0.05) is 70.5 Å². The molecule has 1 atom stereocenters. The Morgan fingerprint density at radius 3 is 2.55 bits per heavy atom. The molecule has 1 unspecified atom stereocenters. The third kappa shape index (κ3) is 5.12. The Hall–Kier alpha value is -3.92. The number of aromatic amines is 1. The van der Waals surface area contributed by atoms with E-state index in [-0.39, 0.29) is 28.3 Å². The molecule has 1 aliphatic rings. The van der Waals surface area contributed by atoms with Gasteiger partial charge in [0.2, 0.25) is 10.0 Å². The number of sulfonamides is 1. The Kier molecular flexibility index (Phi) is 7.66. The molecule has 2 heterocycles. The summed E-state index contributed by atoms with van der Waals surface area (Å²) >= 11 is 3.58. The van der Waals surface area contributed by atoms with Gasteiger partial charge in [0.1, 0.15) is 5.75 Å². The molecular weight excluding hydrogens is 614 g/mol. The molecule has 0 amide bonds. The van der Waals surface area contributed by atoms with Gasteiger partial charge in [-0.05, 0) is 66.8 Å². The minimum atomic E-state index is -3.66. The molecule has 1 aliphatic carbocycles. The van der Waals surface area contributed by atoms with Gasteiger partial charge >= 0.3 is 0 Å². The molecule has 6 rings (SSSR count). The highest BCUT2D eigenvalue weighted by Gasteiger charge is 2.30. The normalized spacial score (nSPS) is 14.4. The second kappa shape index (κ2) is 11.4. The number of pyridine rings is 1. The largest absolute Gasteiger partial charge is 0.507 e. The lowest BCUT2D eigenvalue weighted by Crippen LogP contribution is -2.28. The van der Waals surface area contributed by atoms with Crippen LogP contribution in [0.5, 0.6) is 5.75 Å². The number of allylic oxidation sites excluding steroid dienone is 3. The first-order valence-electron chi connectivity index (χ1n) is 13.8. The summed E-state index contributed by atoms with van der Waals surface area (Å²) in [4.78, 5) is 17.8. The number of aryl methyl sites for hydroxylation is 1. The van der Waals surface area contributed by atoms with Crippen molar-refractivity contribution < 1.29 is 13.5 Å². The number of nitrogens with one attached hydrogen (secondary N) is 2. The Labute approximate surface area is 252 Å². The maximum atomic E-state index is 14.0. The summed E-state index contributed by atoms with van der Waals surface area (Å²) in [7, 11) is -1.95. The molecule has 2 aromatic heterocycles. The molecule has 42 heavy (non-hydrogen) atoms. The summed E-state index contributed by atoms with van der Waals surface area (Å²) in [5.74, 6) is -0.728. The summed E-state index contributed by atoms with van der Waals surface area (Å²) in [6, 6.07) is 22.8. The van der Waals surface area contributed by atoms with Crippen molar-refractivity contribution in [3.63, 3.8) is 0 Å². The van der Waals surface area contributed by atoms with Gasteiger partial charge in [-0.15, -0.1) is 0 Å². The van der Waals surface area contributed by atoms with Crippen LogP contribution >= 0.6 is 15.9 Å². The minimum Gasteiger partial charge on any atom is -0.507 e. The van der Waals surface area contributed by atoms with E-state index in [4.69, 9.17) is 0 Å². The highest BCUT2D eigenvalue weighted by atomic mass is 79.9. The summed E-state index contributed by atoms with van der Waals surface area (Å²) < 4.78 is 31.2. The summed E-state index contributed by atoms with van der Waals surface area (Å²) in [5.41, 5.74) is 3.85. The van der Waals surface area contributed by atoms with E-state index in [0.717, 1.165) is 38.6 Å². The minimum absolute atomic E-state index is 0.0694. The molecule has 0 aliphatic heterocycles. The van der Waals surface area contributed by atoms with Crippen molar-refractivity contribution in [3.05, 3.63) is 133 Å². The molecule has 5 aromatic rings. The molecule has 7 nitrogen and oxygen atoms in total. The van der Waals surface area contributed by atoms with Crippen LogP contribution in [0.4, 0.5) is 0 Å². The van der Waals surface area contributed by atoms with E-state index < -0.39 is 15.9 Å². The molecule has 0 fully saturated rings. The SMILES string of the molecule is Cn1c(=O)c(C(c2cccc(Br)c2)c2[nH]c3ccccc3c2CCNS(=O)(=O)C2=CCCC=C2)c(O)c2ccccc21. The number of aromatic nitrogens is 2. The monoisotopic (exact) mass is 643 g/mol. The fourth-order valence-corrected chi connectivity index (χ4v) is 7.41. The standard InChI is InChI=1S/C33H30BrN3O4S/c1-37-28-17-8-6-15-26(28)32(38)30(33(37)39)29(21-10-9-11-22(34)20-21)31-25(24-14-5-7-16-27(24)36-31)18-19-35-42(40,41)23-12-3-2-4-13-23/h3,5-17,20,29,35-36,38H,2,4,18-19H2,1H3. The predicted molar refractivity (Wildman–Crippen MR) is 171 cm³/mol. The van der Waals surface area contributed by atoms with E-state index in [2.05, 4.69) is 25.6 Å². The fraction of sp³-hybridized carbons (Fsp3) is 0.182. The second-order valence-corrected chi connectivity index (χ2v) is 13.1. The van der Waals surface area contributed by atoms with Crippen LogP contribution in [0.25, 0.3) is 21.8 Å². The van der Waals surface area contributed by atoms with Crippen LogP contribution in [0.2, 0.25) is 0 Å². The molecule has 9 heteroatoms. The number of para-hydroxylation sites is 2. The quantitative estimate of drug-likeness (QED) is 0.183. The molecule has 0 saturated heterocycles. The first-order chi connectivity index (χ1) is 20.3. The number of H-pyrrole nitrogens is 1. The molecule has 214 valence electrons. The zero-order valence-corrected chi connectivity index (χ0v) is 25.4. The fourth-order valence-electron chi connectivity index (χ4n) is 5.85. The topological polar surface area (TPSA) is 104 Å². The first-order valence-corrected chi connectivity index (χ1v) is 16.1. The van der Waals surface area contributed by atoms with Crippen molar-refractivity contribution in [3.8, 4) is 5.75 Å². The Balaban J connectivity index is 1.53. The van der Waals surface area contributed by atoms with Crippen LogP contribution in [-0.2, 0) is 23.5 Å². The molecular formula is C33H30BrN3O4S. The number of rotatable bonds is 8. The van der Waals surface area contributed by atoms with E-state index in [1.54, 1.807) is 29.8 Å². The highest BCUT2D eigenvalue weighted by molar-refractivity contribution is 9.10. The molecule has 3 N–H and O–H groups in total. The lowest BCUT2D eigenvalue weighted by Gasteiger charge is -2.22. The maximum Gasteiger partial charge on any atom is 0.258 e. The number of nitrogens with zero attached hydrogens (tertiary/aromatic N) is 1. The van der Waals surface area contributed by atoms with Crippen LogP contribution < -0.4 is 10.3 Å². The van der Waals surface area contributed by atoms with E-state index in [9.17, 15) is 18.3 Å². The zero-order chi connectivity index (χ0) is 29.4. The summed E-state index contributed by atoms with van der Waals surface area (Å²) in [5, 5.41) is 13.2. The van der Waals surface area contributed by atoms with E-state index in [1.165, 1.54) is 0 Å². The van der Waals surface area contributed by atoms with Gasteiger partial charge in [0.25, 0.3) is 5.56 Å². The predicted octanol–water partition coefficient (Wildman–Crippen LogP) is 6.36. The number of halogens is 1. The van der Waals surface area contributed by atoms with Crippen molar-refractivity contribution in [2.24, 2.45) is 7.05 Å². The molecule has 0 bridgehead atoms. The van der Waals surface area contributed by atoms with Crippen molar-refractivity contribution >= 4 is 47.8 Å². The van der Waals surface area contributed by atoms with Crippen LogP contribution in [0.1, 0.15) is 41.1 Å². The Morgan fingerprint density at radius 1 is 1.02 bits per heavy atom. The second-order valence-electron chi connectivity index (χ2n) is 10.4. The first kappa shape index (κ1) is 28.2. The number of benzene rings is 3. The summed E-state index contributed by atoms with van der Waals surface area (Å²) in [6.07, 6.45) is 7.14. The van der Waals surface area contributed by atoms with Crippen molar-refractivity contribution in [2.45, 2.75) is 25.2 Å². The number of hydrogen-bond donors (Lipinski definition) is 3. The van der Waals surface area contributed by atoms with Gasteiger partial charge in [-0.2, -0.15) is 0 Å². The molecule has 0 saturated carbocycles. The third-order valence-corrected chi connectivity index (χ3v) is 9.86. The smallest absolute Gasteiger partial charge is 0.258 e. The maximum absolute atomic E-state index is 14.0.